The first kappa shape index (κ1) is 45.3. The molecule has 1 heterocycles. The van der Waals surface area contributed by atoms with Crippen molar-refractivity contribution < 1.29 is 0 Å². The number of pyridine rings is 1. The molecule has 12 rings (SSSR count). The summed E-state index contributed by atoms with van der Waals surface area (Å²) in [5.74, 6) is 0. The van der Waals surface area contributed by atoms with Crippen molar-refractivity contribution in [3.05, 3.63) is 310 Å². The Kier molecular flexibility index (Phi) is 12.8. The van der Waals surface area contributed by atoms with E-state index < -0.39 is 0 Å². The van der Waals surface area contributed by atoms with Crippen LogP contribution in [0, 0.1) is 0 Å². The maximum absolute atomic E-state index is 4.79. The SMILES string of the molecule is c1ccc(-c2ccc(N(c3ccc(-c4ccc(N(c5ccc(-c6ccccc6)cc5)c5c(-c6ccccc6)cc(-c6ccccc6)cc5-c5ccccc5)cc4)cc3)c3ccccc3-c3ccccn3)cc2)cc1. The first-order valence-corrected chi connectivity index (χ1v) is 25.2. The molecule has 0 unspecified atom stereocenters. The largest absolute Gasteiger partial charge is 0.310 e. The zero-order valence-corrected chi connectivity index (χ0v) is 40.8. The van der Waals surface area contributed by atoms with Crippen molar-refractivity contribution in [3.63, 3.8) is 0 Å². The first-order valence-electron chi connectivity index (χ1n) is 25.2. The Morgan fingerprint density at radius 1 is 0.216 bits per heavy atom. The van der Waals surface area contributed by atoms with Crippen LogP contribution in [0.1, 0.15) is 0 Å². The number of benzene rings is 11. The fraction of sp³-hybridized carbons (Fsp3) is 0. The fourth-order valence-electron chi connectivity index (χ4n) is 10.1. The molecule has 0 amide bonds. The van der Waals surface area contributed by atoms with Crippen LogP contribution < -0.4 is 9.80 Å². The van der Waals surface area contributed by atoms with E-state index in [9.17, 15) is 0 Å². The van der Waals surface area contributed by atoms with E-state index in [1.54, 1.807) is 0 Å². The van der Waals surface area contributed by atoms with Gasteiger partial charge >= 0.3 is 0 Å². The summed E-state index contributed by atoms with van der Waals surface area (Å²) < 4.78 is 0. The molecule has 0 spiro atoms. The van der Waals surface area contributed by atoms with Crippen molar-refractivity contribution in [1.29, 1.82) is 0 Å². The van der Waals surface area contributed by atoms with Gasteiger partial charge in [0.2, 0.25) is 0 Å². The van der Waals surface area contributed by atoms with Crippen molar-refractivity contribution in [1.82, 2.24) is 4.98 Å². The number of anilines is 6. The number of hydrogen-bond donors (Lipinski definition) is 0. The minimum Gasteiger partial charge on any atom is -0.310 e. The number of hydrogen-bond acceptors (Lipinski definition) is 3. The molecule has 0 radical (unpaired) electrons. The highest BCUT2D eigenvalue weighted by Crippen LogP contribution is 2.49. The zero-order chi connectivity index (χ0) is 49.5. The summed E-state index contributed by atoms with van der Waals surface area (Å²) in [4.78, 5) is 9.57. The average molecular weight is 946 g/mol. The molecule has 12 aromatic rings. The lowest BCUT2D eigenvalue weighted by Gasteiger charge is -2.31. The van der Waals surface area contributed by atoms with Gasteiger partial charge in [0, 0.05) is 45.6 Å². The highest BCUT2D eigenvalue weighted by Gasteiger charge is 2.24. The third-order valence-corrected chi connectivity index (χ3v) is 13.7. The second-order valence-electron chi connectivity index (χ2n) is 18.3. The quantitative estimate of drug-likeness (QED) is 0.115. The third kappa shape index (κ3) is 9.42. The highest BCUT2D eigenvalue weighted by atomic mass is 15.2. The van der Waals surface area contributed by atoms with E-state index in [-0.39, 0.29) is 0 Å². The van der Waals surface area contributed by atoms with Gasteiger partial charge < -0.3 is 9.80 Å². The molecule has 0 aliphatic carbocycles. The summed E-state index contributed by atoms with van der Waals surface area (Å²) >= 11 is 0. The van der Waals surface area contributed by atoms with Gasteiger partial charge in [-0.05, 0) is 134 Å². The van der Waals surface area contributed by atoms with E-state index in [1.807, 2.05) is 18.3 Å². The molecule has 0 aliphatic rings. The lowest BCUT2D eigenvalue weighted by Crippen LogP contribution is -2.13. The molecule has 0 aliphatic heterocycles. The molecule has 0 saturated heterocycles. The second kappa shape index (κ2) is 20.9. The Labute approximate surface area is 434 Å². The molecule has 3 nitrogen and oxygen atoms in total. The molecule has 0 bridgehead atoms. The Morgan fingerprint density at radius 2 is 0.527 bits per heavy atom. The summed E-state index contributed by atoms with van der Waals surface area (Å²) in [6.07, 6.45) is 1.86. The van der Waals surface area contributed by atoms with Crippen molar-refractivity contribution >= 4 is 34.1 Å². The van der Waals surface area contributed by atoms with Crippen molar-refractivity contribution in [2.24, 2.45) is 0 Å². The number of nitrogens with zero attached hydrogens (tertiary/aromatic N) is 3. The van der Waals surface area contributed by atoms with E-state index in [0.717, 1.165) is 84.3 Å². The summed E-state index contributed by atoms with van der Waals surface area (Å²) in [7, 11) is 0. The van der Waals surface area contributed by atoms with Crippen LogP contribution in [0.5, 0.6) is 0 Å². The highest BCUT2D eigenvalue weighted by molar-refractivity contribution is 6.00. The number of aromatic nitrogens is 1. The monoisotopic (exact) mass is 945 g/mol. The van der Waals surface area contributed by atoms with Crippen molar-refractivity contribution in [2.45, 2.75) is 0 Å². The Balaban J connectivity index is 0.972. The van der Waals surface area contributed by atoms with Gasteiger partial charge in [0.1, 0.15) is 0 Å². The molecule has 11 aromatic carbocycles. The summed E-state index contributed by atoms with van der Waals surface area (Å²) in [6, 6.07) is 109. The third-order valence-electron chi connectivity index (χ3n) is 13.7. The lowest BCUT2D eigenvalue weighted by molar-refractivity contribution is 1.26. The smallest absolute Gasteiger partial charge is 0.0723 e. The molecular formula is C71H51N3. The minimum absolute atomic E-state index is 0.922. The van der Waals surface area contributed by atoms with E-state index in [0.29, 0.717) is 0 Å². The van der Waals surface area contributed by atoms with Crippen LogP contribution in [-0.2, 0) is 0 Å². The van der Waals surface area contributed by atoms with Crippen LogP contribution in [0.2, 0.25) is 0 Å². The lowest BCUT2D eigenvalue weighted by atomic mass is 9.89. The van der Waals surface area contributed by atoms with Gasteiger partial charge in [-0.15, -0.1) is 0 Å². The van der Waals surface area contributed by atoms with Crippen LogP contribution in [0.3, 0.4) is 0 Å². The average Bonchev–Trinajstić information content (AvgIpc) is 3.49. The fourth-order valence-corrected chi connectivity index (χ4v) is 10.1. The van der Waals surface area contributed by atoms with Gasteiger partial charge in [0.05, 0.1) is 17.1 Å². The Morgan fingerprint density at radius 3 is 0.905 bits per heavy atom. The topological polar surface area (TPSA) is 19.4 Å². The van der Waals surface area contributed by atoms with Gasteiger partial charge in [-0.1, -0.05) is 224 Å². The van der Waals surface area contributed by atoms with Crippen LogP contribution in [0.4, 0.5) is 34.1 Å². The molecular weight excluding hydrogens is 895 g/mol. The van der Waals surface area contributed by atoms with Gasteiger partial charge in [0.25, 0.3) is 0 Å². The second-order valence-corrected chi connectivity index (χ2v) is 18.3. The zero-order valence-electron chi connectivity index (χ0n) is 40.8. The summed E-state index contributed by atoms with van der Waals surface area (Å²) in [6.45, 7) is 0. The molecule has 0 N–H and O–H groups in total. The molecule has 0 saturated carbocycles. The Hall–Kier alpha value is -9.83. The predicted octanol–water partition coefficient (Wildman–Crippen LogP) is 19.7. The van der Waals surface area contributed by atoms with Gasteiger partial charge in [0.15, 0.2) is 0 Å². The molecule has 0 atom stereocenters. The van der Waals surface area contributed by atoms with Crippen LogP contribution in [-0.4, -0.2) is 4.98 Å². The van der Waals surface area contributed by atoms with E-state index in [4.69, 9.17) is 4.98 Å². The van der Waals surface area contributed by atoms with Gasteiger partial charge in [-0.25, -0.2) is 0 Å². The molecule has 0 fully saturated rings. The van der Waals surface area contributed by atoms with Gasteiger partial charge in [-0.2, -0.15) is 0 Å². The van der Waals surface area contributed by atoms with E-state index in [1.165, 1.54) is 27.8 Å². The maximum Gasteiger partial charge on any atom is 0.0723 e. The van der Waals surface area contributed by atoms with Crippen LogP contribution >= 0.6 is 0 Å². The maximum atomic E-state index is 4.79. The van der Waals surface area contributed by atoms with Crippen molar-refractivity contribution in [2.75, 3.05) is 9.80 Å². The van der Waals surface area contributed by atoms with E-state index in [2.05, 4.69) is 301 Å². The van der Waals surface area contributed by atoms with E-state index >= 15 is 0 Å². The first-order chi connectivity index (χ1) is 36.7. The molecule has 350 valence electrons. The number of rotatable bonds is 13. The molecule has 3 heteroatoms. The predicted molar refractivity (Wildman–Crippen MR) is 312 cm³/mol. The minimum atomic E-state index is 0.922. The molecule has 1 aromatic heterocycles. The summed E-state index contributed by atoms with van der Waals surface area (Å²) in [5.41, 5.74) is 22.2. The summed E-state index contributed by atoms with van der Waals surface area (Å²) in [5, 5.41) is 0. The Bertz CT molecular complexity index is 3690. The normalized spacial score (nSPS) is 11.0. The van der Waals surface area contributed by atoms with Crippen LogP contribution in [0.15, 0.2) is 310 Å². The number of para-hydroxylation sites is 1. The van der Waals surface area contributed by atoms with Crippen molar-refractivity contribution in [3.8, 4) is 78.0 Å². The van der Waals surface area contributed by atoms with Crippen LogP contribution in [0.25, 0.3) is 78.0 Å². The van der Waals surface area contributed by atoms with Gasteiger partial charge in [-0.3, -0.25) is 4.98 Å². The standard InChI is InChI=1S/C71H51N3/c1-6-20-52(21-7-1)55-33-41-62(42-34-55)73(70-32-17-16-30-66(70)69-31-18-19-49-72-69)63-43-35-57(36-44-63)58-39-47-65(48-40-58)74(64-45-37-56(38-46-64)53-22-8-2-9-23-53)71-67(59-26-12-4-13-27-59)50-61(54-24-10-3-11-25-54)51-68(71)60-28-14-5-15-29-60/h1-51H. The molecule has 74 heavy (non-hydrogen) atoms.